The molecule has 3 N–H and O–H groups in total. The van der Waals surface area contributed by atoms with E-state index < -0.39 is 11.6 Å². The van der Waals surface area contributed by atoms with Gasteiger partial charge in [-0.2, -0.15) is 0 Å². The average molecular weight is 439 g/mol. The summed E-state index contributed by atoms with van der Waals surface area (Å²) in [6, 6.07) is 1.78. The van der Waals surface area contributed by atoms with Crippen LogP contribution in [0.5, 0.6) is 0 Å². The second-order valence-corrected chi connectivity index (χ2v) is 8.84. The maximum Gasteiger partial charge on any atom is 0.303 e. The molecule has 0 saturated heterocycles. The average Bonchev–Trinajstić information content (AvgIpc) is 2.61. The van der Waals surface area contributed by atoms with Crippen LogP contribution in [0, 0.1) is 0 Å². The molecule has 1 aliphatic rings. The first kappa shape index (κ1) is 23.9. The number of esters is 1. The van der Waals surface area contributed by atoms with Gasteiger partial charge in [0.05, 0.1) is 11.3 Å². The predicted octanol–water partition coefficient (Wildman–Crippen LogP) is 3.05. The maximum absolute atomic E-state index is 12.8. The summed E-state index contributed by atoms with van der Waals surface area (Å²) >= 11 is 5.97. The number of rotatable bonds is 7. The summed E-state index contributed by atoms with van der Waals surface area (Å²) in [7, 11) is 0. The highest BCUT2D eigenvalue weighted by Gasteiger charge is 2.33. The number of hydrogen-bond donors (Lipinski definition) is 3. The zero-order chi connectivity index (χ0) is 22.5. The molecule has 0 radical (unpaired) electrons. The van der Waals surface area contributed by atoms with Gasteiger partial charge in [-0.1, -0.05) is 11.6 Å². The molecule has 0 atom stereocenters. The summed E-state index contributed by atoms with van der Waals surface area (Å²) in [6.07, 6.45) is 4.40. The fourth-order valence-electron chi connectivity index (χ4n) is 3.45. The van der Waals surface area contributed by atoms with Crippen LogP contribution in [0.4, 0.5) is 5.69 Å². The van der Waals surface area contributed by atoms with E-state index in [0.29, 0.717) is 16.4 Å². The van der Waals surface area contributed by atoms with E-state index in [-0.39, 0.29) is 29.9 Å². The van der Waals surface area contributed by atoms with Crippen molar-refractivity contribution >= 4 is 35.1 Å². The topological polar surface area (TPSA) is 109 Å². The minimum Gasteiger partial charge on any atom is -0.450 e. The van der Waals surface area contributed by atoms with E-state index in [1.165, 1.54) is 13.1 Å². The Kier molecular flexibility index (Phi) is 8.06. The Morgan fingerprint density at radius 1 is 1.13 bits per heavy atom. The normalized spacial score (nSPS) is 19.2. The third-order valence-electron chi connectivity index (χ3n) is 4.90. The molecule has 8 nitrogen and oxygen atoms in total. The number of carbonyl (C=O) groups is 3. The van der Waals surface area contributed by atoms with E-state index in [9.17, 15) is 14.4 Å². The van der Waals surface area contributed by atoms with Crippen LogP contribution in [0.3, 0.4) is 0 Å². The molecule has 1 heterocycles. The molecule has 0 aliphatic heterocycles. The van der Waals surface area contributed by atoms with Crippen LogP contribution in [0.25, 0.3) is 0 Å². The molecule has 30 heavy (non-hydrogen) atoms. The van der Waals surface area contributed by atoms with Crippen molar-refractivity contribution in [1.29, 1.82) is 0 Å². The lowest BCUT2D eigenvalue weighted by atomic mass is 9.90. The molecule has 0 bridgehead atoms. The second-order valence-electron chi connectivity index (χ2n) is 8.45. The molecule has 2 rings (SSSR count). The Hall–Kier alpha value is -2.35. The van der Waals surface area contributed by atoms with Gasteiger partial charge in [-0.15, -0.1) is 0 Å². The number of anilines is 1. The molecule has 1 aromatic heterocycles. The lowest BCUT2D eigenvalue weighted by molar-refractivity contribution is -0.163. The van der Waals surface area contributed by atoms with Gasteiger partial charge in [0, 0.05) is 31.2 Å². The van der Waals surface area contributed by atoms with Gasteiger partial charge in [-0.3, -0.25) is 14.4 Å². The van der Waals surface area contributed by atoms with Gasteiger partial charge in [-0.05, 0) is 59.4 Å². The van der Waals surface area contributed by atoms with Gasteiger partial charge in [0.15, 0.2) is 5.60 Å². The molecule has 1 saturated carbocycles. The zero-order valence-corrected chi connectivity index (χ0v) is 18.9. The van der Waals surface area contributed by atoms with E-state index in [2.05, 4.69) is 20.9 Å². The maximum atomic E-state index is 12.8. The van der Waals surface area contributed by atoms with E-state index in [1.54, 1.807) is 19.9 Å². The lowest BCUT2D eigenvalue weighted by Gasteiger charge is -2.32. The van der Waals surface area contributed by atoms with Crippen molar-refractivity contribution in [3.63, 3.8) is 0 Å². The molecule has 166 valence electrons. The number of halogens is 1. The molecule has 9 heteroatoms. The van der Waals surface area contributed by atoms with Crippen LogP contribution in [0.2, 0.25) is 5.15 Å². The smallest absolute Gasteiger partial charge is 0.303 e. The van der Waals surface area contributed by atoms with Crippen molar-refractivity contribution in [1.82, 2.24) is 15.6 Å². The van der Waals surface area contributed by atoms with E-state index in [0.717, 1.165) is 25.7 Å². The van der Waals surface area contributed by atoms with Crippen molar-refractivity contribution in [2.75, 3.05) is 5.32 Å². The summed E-state index contributed by atoms with van der Waals surface area (Å²) in [5.74, 6) is -1.02. The van der Waals surface area contributed by atoms with Gasteiger partial charge in [-0.25, -0.2) is 4.98 Å². The molecule has 0 aromatic carbocycles. The monoisotopic (exact) mass is 438 g/mol. The summed E-state index contributed by atoms with van der Waals surface area (Å²) in [6.45, 7) is 8.38. The number of carbonyl (C=O) groups excluding carboxylic acids is 3. The number of hydrogen-bond acceptors (Lipinski definition) is 6. The Bertz CT molecular complexity index is 789. The highest BCUT2D eigenvalue weighted by Crippen LogP contribution is 2.23. The first-order valence-electron chi connectivity index (χ1n) is 10.2. The van der Waals surface area contributed by atoms with Crippen LogP contribution in [-0.2, 0) is 14.3 Å². The number of amides is 2. The standard InChI is InChI=1S/C21H31ClN4O4/c1-12(2)24-17-10-18(22)23-11-16(17)19(28)25-14-6-8-15(9-7-14)26-20(29)21(4,5)30-13(3)27/h10-12,14-15H,6-9H2,1-5H3,(H,23,24)(H,25,28)(H,26,29)/t14-,15-. The molecule has 2 amide bonds. The van der Waals surface area contributed by atoms with Crippen LogP contribution in [-0.4, -0.2) is 46.5 Å². The number of nitrogens with zero attached hydrogens (tertiary/aromatic N) is 1. The molecule has 0 unspecified atom stereocenters. The molecular formula is C21H31ClN4O4. The minimum absolute atomic E-state index is 0.00899. The number of aromatic nitrogens is 1. The summed E-state index contributed by atoms with van der Waals surface area (Å²) in [5.41, 5.74) is -0.110. The minimum atomic E-state index is -1.21. The van der Waals surface area contributed by atoms with E-state index in [1.807, 2.05) is 13.8 Å². The summed E-state index contributed by atoms with van der Waals surface area (Å²) < 4.78 is 5.08. The largest absolute Gasteiger partial charge is 0.450 e. The Balaban J connectivity index is 1.90. The molecule has 1 fully saturated rings. The predicted molar refractivity (Wildman–Crippen MR) is 116 cm³/mol. The summed E-state index contributed by atoms with van der Waals surface area (Å²) in [4.78, 5) is 40.3. The molecule has 1 aromatic rings. The van der Waals surface area contributed by atoms with Crippen LogP contribution < -0.4 is 16.0 Å². The lowest BCUT2D eigenvalue weighted by Crippen LogP contribution is -2.51. The fourth-order valence-corrected chi connectivity index (χ4v) is 3.61. The van der Waals surface area contributed by atoms with Crippen molar-refractivity contribution in [2.24, 2.45) is 0 Å². The van der Waals surface area contributed by atoms with Gasteiger partial charge in [0.2, 0.25) is 0 Å². The SMILES string of the molecule is CC(=O)OC(C)(C)C(=O)N[C@H]1CC[C@H](NC(=O)c2cnc(Cl)cc2NC(C)C)CC1. The first-order chi connectivity index (χ1) is 14.0. The van der Waals surface area contributed by atoms with Crippen LogP contribution >= 0.6 is 11.6 Å². The Morgan fingerprint density at radius 2 is 1.70 bits per heavy atom. The highest BCUT2D eigenvalue weighted by atomic mass is 35.5. The van der Waals surface area contributed by atoms with Gasteiger partial charge in [0.1, 0.15) is 5.15 Å². The third kappa shape index (κ3) is 6.86. The molecule has 1 aliphatic carbocycles. The van der Waals surface area contributed by atoms with E-state index in [4.69, 9.17) is 16.3 Å². The van der Waals surface area contributed by atoms with Gasteiger partial charge in [0.25, 0.3) is 11.8 Å². The van der Waals surface area contributed by atoms with Crippen LogP contribution in [0.15, 0.2) is 12.3 Å². The van der Waals surface area contributed by atoms with Crippen molar-refractivity contribution < 1.29 is 19.1 Å². The quantitative estimate of drug-likeness (QED) is 0.446. The van der Waals surface area contributed by atoms with Crippen molar-refractivity contribution in [3.05, 3.63) is 23.0 Å². The first-order valence-corrected chi connectivity index (χ1v) is 10.6. The van der Waals surface area contributed by atoms with E-state index >= 15 is 0 Å². The van der Waals surface area contributed by atoms with Crippen molar-refractivity contribution in [3.8, 4) is 0 Å². The highest BCUT2D eigenvalue weighted by molar-refractivity contribution is 6.29. The number of pyridine rings is 1. The fraction of sp³-hybridized carbons (Fsp3) is 0.619. The second kappa shape index (κ2) is 10.1. The van der Waals surface area contributed by atoms with Crippen LogP contribution in [0.1, 0.15) is 70.7 Å². The third-order valence-corrected chi connectivity index (χ3v) is 5.11. The number of ether oxygens (including phenoxy) is 1. The van der Waals surface area contributed by atoms with Gasteiger partial charge < -0.3 is 20.7 Å². The number of nitrogens with one attached hydrogen (secondary N) is 3. The molecule has 0 spiro atoms. The zero-order valence-electron chi connectivity index (χ0n) is 18.2. The Morgan fingerprint density at radius 3 is 2.23 bits per heavy atom. The van der Waals surface area contributed by atoms with Crippen molar-refractivity contribution in [2.45, 2.75) is 84.0 Å². The van der Waals surface area contributed by atoms with Gasteiger partial charge >= 0.3 is 5.97 Å². The Labute approximate surface area is 182 Å². The molecular weight excluding hydrogens is 408 g/mol. The summed E-state index contributed by atoms with van der Waals surface area (Å²) in [5, 5.41) is 9.54.